The first-order valence-corrected chi connectivity index (χ1v) is 12.4. The van der Waals surface area contributed by atoms with Crippen LogP contribution in [0.1, 0.15) is 52.7 Å². The minimum atomic E-state index is -1.81. The van der Waals surface area contributed by atoms with Gasteiger partial charge in [0, 0.05) is 18.7 Å². The number of ether oxygens (including phenoxy) is 2. The molecule has 8 nitrogen and oxygen atoms in total. The van der Waals surface area contributed by atoms with Gasteiger partial charge in [0.15, 0.2) is 5.79 Å². The Labute approximate surface area is 217 Å². The van der Waals surface area contributed by atoms with Crippen molar-refractivity contribution in [3.05, 3.63) is 70.8 Å². The minimum absolute atomic E-state index is 0. The fraction of sp³-hybridized carbons (Fsp3) is 0.481. The van der Waals surface area contributed by atoms with E-state index in [4.69, 9.17) is 15.2 Å². The van der Waals surface area contributed by atoms with Crippen LogP contribution in [0.3, 0.4) is 0 Å². The second kappa shape index (κ2) is 10.9. The van der Waals surface area contributed by atoms with Gasteiger partial charge in [0.1, 0.15) is 5.92 Å². The Morgan fingerprint density at radius 1 is 1.14 bits per heavy atom. The summed E-state index contributed by atoms with van der Waals surface area (Å²) >= 11 is 0. The lowest BCUT2D eigenvalue weighted by Gasteiger charge is -2.46. The summed E-state index contributed by atoms with van der Waals surface area (Å²) in [5.74, 6) is -3.53. The molecule has 3 aliphatic heterocycles. The molecule has 2 saturated heterocycles. The molecule has 2 bridgehead atoms. The molecule has 9 heteroatoms. The molecule has 0 saturated carbocycles. The summed E-state index contributed by atoms with van der Waals surface area (Å²) in [6.45, 7) is 3.61. The molecule has 0 radical (unpaired) electrons. The second-order valence-corrected chi connectivity index (χ2v) is 9.68. The van der Waals surface area contributed by atoms with Crippen LogP contribution in [0.2, 0.25) is 0 Å². The van der Waals surface area contributed by atoms with Crippen LogP contribution in [0.25, 0.3) is 0 Å². The highest BCUT2D eigenvalue weighted by molar-refractivity contribution is 5.93. The fourth-order valence-corrected chi connectivity index (χ4v) is 5.90. The number of halogens is 1. The maximum Gasteiger partial charge on any atom is 0.248 e. The van der Waals surface area contributed by atoms with Crippen LogP contribution in [0.4, 0.5) is 0 Å². The van der Waals surface area contributed by atoms with E-state index in [0.29, 0.717) is 37.3 Å². The zero-order valence-electron chi connectivity index (χ0n) is 20.4. The number of nitrogens with one attached hydrogen (secondary N) is 1. The molecule has 2 amide bonds. The number of morpholine rings is 1. The molecule has 3 unspecified atom stereocenters. The number of nitrogens with zero attached hydrogens (tertiary/aromatic N) is 1. The maximum absolute atomic E-state index is 14.3. The summed E-state index contributed by atoms with van der Waals surface area (Å²) in [5, 5.41) is 15.7. The maximum atomic E-state index is 14.3. The van der Waals surface area contributed by atoms with Crippen molar-refractivity contribution in [1.29, 1.82) is 0 Å². The van der Waals surface area contributed by atoms with Crippen molar-refractivity contribution < 1.29 is 24.2 Å². The summed E-state index contributed by atoms with van der Waals surface area (Å²) < 4.78 is 11.8. The van der Waals surface area contributed by atoms with Gasteiger partial charge >= 0.3 is 0 Å². The van der Waals surface area contributed by atoms with Gasteiger partial charge in [-0.2, -0.15) is 0 Å². The van der Waals surface area contributed by atoms with Crippen molar-refractivity contribution in [3.63, 3.8) is 0 Å². The van der Waals surface area contributed by atoms with Crippen molar-refractivity contribution in [2.45, 2.75) is 62.6 Å². The summed E-state index contributed by atoms with van der Waals surface area (Å²) in [5.41, 5.74) is 8.66. The van der Waals surface area contributed by atoms with Gasteiger partial charge in [-0.05, 0) is 55.0 Å². The summed E-state index contributed by atoms with van der Waals surface area (Å²) in [4.78, 5) is 27.9. The highest BCUT2D eigenvalue weighted by Crippen LogP contribution is 2.40. The number of benzene rings is 2. The third kappa shape index (κ3) is 4.76. The topological polar surface area (TPSA) is 114 Å². The average Bonchev–Trinajstić information content (AvgIpc) is 3.12. The van der Waals surface area contributed by atoms with Gasteiger partial charge in [0.25, 0.3) is 0 Å². The van der Waals surface area contributed by atoms with Gasteiger partial charge in [0.2, 0.25) is 11.8 Å². The lowest BCUT2D eigenvalue weighted by atomic mass is 9.79. The van der Waals surface area contributed by atoms with Crippen LogP contribution in [-0.2, 0) is 27.2 Å². The molecular formula is C27H34ClN3O5. The number of carbonyl (C=O) groups excluding carboxylic acids is 2. The van der Waals surface area contributed by atoms with E-state index in [0.717, 1.165) is 18.4 Å². The third-order valence-electron chi connectivity index (χ3n) is 7.64. The van der Waals surface area contributed by atoms with E-state index < -0.39 is 23.7 Å². The highest BCUT2D eigenvalue weighted by Gasteiger charge is 2.54. The molecule has 5 atom stereocenters. The third-order valence-corrected chi connectivity index (χ3v) is 7.64. The van der Waals surface area contributed by atoms with E-state index in [9.17, 15) is 14.7 Å². The van der Waals surface area contributed by atoms with Crippen LogP contribution in [-0.4, -0.2) is 65.6 Å². The van der Waals surface area contributed by atoms with Crippen LogP contribution in [0, 0.1) is 0 Å². The number of aliphatic hydroxyl groups is 1. The number of nitrogens with two attached hydrogens (primary N) is 1. The zero-order valence-corrected chi connectivity index (χ0v) is 21.2. The number of primary amides is 1. The van der Waals surface area contributed by atoms with Gasteiger partial charge in [-0.25, -0.2) is 0 Å². The first-order chi connectivity index (χ1) is 16.9. The standard InChI is InChI=1S/C27H33N3O5.ClH/c1-2-35-27(33,23-13-19-5-3-4-6-20(19)14-29-23)24(17-7-9-18(10-8-17)25(28)31)26(32)30-21-11-12-22(30)16-34-15-21;/h3-10,21-24,29,33H,2,11-16H2,1H3,(H2,28,31);1H/t21?,22?,23-,24?,27-;/m0./s1. The van der Waals surface area contributed by atoms with E-state index in [1.807, 2.05) is 24.0 Å². The second-order valence-electron chi connectivity index (χ2n) is 9.68. The van der Waals surface area contributed by atoms with E-state index in [1.165, 1.54) is 5.56 Å². The largest absolute Gasteiger partial charge is 0.377 e. The predicted molar refractivity (Wildman–Crippen MR) is 137 cm³/mol. The molecule has 4 N–H and O–H groups in total. The molecule has 0 aliphatic carbocycles. The molecule has 3 aliphatic rings. The zero-order chi connectivity index (χ0) is 24.6. The van der Waals surface area contributed by atoms with Crippen molar-refractivity contribution in [2.24, 2.45) is 5.73 Å². The fourth-order valence-electron chi connectivity index (χ4n) is 5.90. The molecular weight excluding hydrogens is 482 g/mol. The Morgan fingerprint density at radius 2 is 1.78 bits per heavy atom. The predicted octanol–water partition coefficient (Wildman–Crippen LogP) is 2.12. The molecule has 5 rings (SSSR count). The number of amides is 2. The number of carbonyl (C=O) groups is 2. The summed E-state index contributed by atoms with van der Waals surface area (Å²) in [6.07, 6.45) is 2.28. The molecule has 0 aromatic heterocycles. The quantitative estimate of drug-likeness (QED) is 0.487. The Balaban J connectivity index is 0.00000304. The Morgan fingerprint density at radius 3 is 2.39 bits per heavy atom. The molecule has 2 fully saturated rings. The number of hydrogen-bond donors (Lipinski definition) is 3. The average molecular weight is 516 g/mol. The molecule has 3 heterocycles. The molecule has 2 aromatic rings. The van der Waals surface area contributed by atoms with E-state index >= 15 is 0 Å². The van der Waals surface area contributed by atoms with Crippen LogP contribution in [0.5, 0.6) is 0 Å². The first-order valence-electron chi connectivity index (χ1n) is 12.4. The minimum Gasteiger partial charge on any atom is -0.377 e. The first kappa shape index (κ1) is 26.6. The van der Waals surface area contributed by atoms with Gasteiger partial charge < -0.3 is 30.5 Å². The van der Waals surface area contributed by atoms with Crippen LogP contribution >= 0.6 is 12.4 Å². The molecule has 0 spiro atoms. The lowest BCUT2D eigenvalue weighted by Crippen LogP contribution is -2.63. The molecule has 2 aromatic carbocycles. The van der Waals surface area contributed by atoms with Crippen LogP contribution in [0.15, 0.2) is 48.5 Å². The van der Waals surface area contributed by atoms with Gasteiger partial charge in [-0.15, -0.1) is 12.4 Å². The van der Waals surface area contributed by atoms with E-state index in [-0.39, 0.29) is 37.0 Å². The molecule has 194 valence electrons. The number of fused-ring (bicyclic) bond motifs is 3. The molecule has 36 heavy (non-hydrogen) atoms. The summed E-state index contributed by atoms with van der Waals surface area (Å²) in [7, 11) is 0. The lowest BCUT2D eigenvalue weighted by molar-refractivity contribution is -0.238. The van der Waals surface area contributed by atoms with Crippen molar-refractivity contribution in [1.82, 2.24) is 10.2 Å². The van der Waals surface area contributed by atoms with Crippen molar-refractivity contribution >= 4 is 24.2 Å². The smallest absolute Gasteiger partial charge is 0.248 e. The van der Waals surface area contributed by atoms with Gasteiger partial charge in [-0.3, -0.25) is 9.59 Å². The normalized spacial score (nSPS) is 25.3. The van der Waals surface area contributed by atoms with E-state index in [2.05, 4.69) is 17.4 Å². The van der Waals surface area contributed by atoms with Crippen molar-refractivity contribution in [2.75, 3.05) is 19.8 Å². The number of hydrogen-bond acceptors (Lipinski definition) is 6. The Kier molecular flexibility index (Phi) is 8.02. The Bertz CT molecular complexity index is 1080. The highest BCUT2D eigenvalue weighted by atomic mass is 35.5. The van der Waals surface area contributed by atoms with Gasteiger partial charge in [0.05, 0.1) is 31.3 Å². The van der Waals surface area contributed by atoms with Gasteiger partial charge in [-0.1, -0.05) is 36.4 Å². The monoisotopic (exact) mass is 515 g/mol. The van der Waals surface area contributed by atoms with Crippen molar-refractivity contribution in [3.8, 4) is 0 Å². The van der Waals surface area contributed by atoms with E-state index in [1.54, 1.807) is 24.3 Å². The summed E-state index contributed by atoms with van der Waals surface area (Å²) in [6, 6.07) is 14.2. The number of rotatable bonds is 7. The van der Waals surface area contributed by atoms with Crippen LogP contribution < -0.4 is 11.1 Å². The SMILES string of the molecule is CCO[C@](O)(C(C(=O)N1C2CCC1COC2)c1ccc(C(N)=O)cc1)[C@@H]1Cc2ccccc2CN1.Cl. The Hall–Kier alpha value is -2.49.